The summed E-state index contributed by atoms with van der Waals surface area (Å²) in [7, 11) is -3.99. The van der Waals surface area contributed by atoms with Crippen LogP contribution in [0.5, 0.6) is 0 Å². The van der Waals surface area contributed by atoms with Gasteiger partial charge in [-0.15, -0.1) is 12.4 Å². The van der Waals surface area contributed by atoms with E-state index in [4.69, 9.17) is 16.3 Å². The number of pyridine rings is 1. The molecule has 4 rings (SSSR count). The molecule has 33 heavy (non-hydrogen) atoms. The third kappa shape index (κ3) is 4.96. The van der Waals surface area contributed by atoms with Crippen molar-refractivity contribution in [1.82, 2.24) is 14.8 Å². The maximum absolute atomic E-state index is 13.4. The smallest absolute Gasteiger partial charge is 0.266 e. The summed E-state index contributed by atoms with van der Waals surface area (Å²) in [6.45, 7) is 1.64. The van der Waals surface area contributed by atoms with Crippen molar-refractivity contribution in [3.8, 4) is 11.1 Å². The van der Waals surface area contributed by atoms with Crippen LogP contribution in [0.25, 0.3) is 11.1 Å². The van der Waals surface area contributed by atoms with Crippen LogP contribution in [0.2, 0.25) is 5.02 Å². The first kappa shape index (κ1) is 25.7. The first-order valence-corrected chi connectivity index (χ1v) is 12.2. The minimum absolute atomic E-state index is 0. The van der Waals surface area contributed by atoms with Crippen LogP contribution in [0.3, 0.4) is 0 Å². The van der Waals surface area contributed by atoms with Gasteiger partial charge in [-0.05, 0) is 29.8 Å². The SMILES string of the molecule is Cl.O=C(NO)C1(S(=O)(=O)N2CCN(c3ccc(-c4ccc(Cl)cc4)cn3)CC2)CCOCC1. The number of nitrogens with one attached hydrogen (secondary N) is 1. The monoisotopic (exact) mass is 516 g/mol. The van der Waals surface area contributed by atoms with Gasteiger partial charge >= 0.3 is 0 Å². The number of ether oxygens (including phenoxy) is 1. The Kier molecular flexibility index (Phi) is 8.20. The van der Waals surface area contributed by atoms with E-state index in [1.54, 1.807) is 11.7 Å². The zero-order valence-corrected chi connectivity index (χ0v) is 20.2. The van der Waals surface area contributed by atoms with Crippen molar-refractivity contribution in [2.45, 2.75) is 17.6 Å². The number of hydrogen-bond acceptors (Lipinski definition) is 7. The summed E-state index contributed by atoms with van der Waals surface area (Å²) >= 11 is 5.94. The lowest BCUT2D eigenvalue weighted by Gasteiger charge is -2.41. The van der Waals surface area contributed by atoms with Crippen LogP contribution in [0.4, 0.5) is 5.82 Å². The number of carbonyl (C=O) groups excluding carboxylic acids is 1. The first-order chi connectivity index (χ1) is 15.4. The molecule has 2 aliphatic rings. The molecule has 0 saturated carbocycles. The minimum Gasteiger partial charge on any atom is -0.381 e. The molecule has 0 spiro atoms. The number of hydrogen-bond donors (Lipinski definition) is 2. The zero-order chi connectivity index (χ0) is 22.8. The second-order valence-corrected chi connectivity index (χ2v) is 10.5. The molecule has 2 fully saturated rings. The number of nitrogens with zero attached hydrogens (tertiary/aromatic N) is 3. The molecular weight excluding hydrogens is 491 g/mol. The van der Waals surface area contributed by atoms with E-state index < -0.39 is 20.7 Å². The average molecular weight is 517 g/mol. The molecule has 2 aliphatic heterocycles. The van der Waals surface area contributed by atoms with Gasteiger partial charge in [-0.3, -0.25) is 10.0 Å². The molecule has 1 aromatic heterocycles. The van der Waals surface area contributed by atoms with Gasteiger partial charge in [-0.25, -0.2) is 18.9 Å². The first-order valence-electron chi connectivity index (χ1n) is 10.4. The lowest BCUT2D eigenvalue weighted by molar-refractivity contribution is -0.134. The van der Waals surface area contributed by atoms with Gasteiger partial charge in [-0.1, -0.05) is 23.7 Å². The van der Waals surface area contributed by atoms with E-state index in [-0.39, 0.29) is 51.6 Å². The van der Waals surface area contributed by atoms with E-state index in [1.165, 1.54) is 4.31 Å². The Morgan fingerprint density at radius 2 is 1.64 bits per heavy atom. The van der Waals surface area contributed by atoms with Crippen molar-refractivity contribution < 1.29 is 23.2 Å². The lowest BCUT2D eigenvalue weighted by Crippen LogP contribution is -2.62. The van der Waals surface area contributed by atoms with Gasteiger partial charge in [0.1, 0.15) is 5.82 Å². The molecule has 2 aromatic rings. The molecule has 0 unspecified atom stereocenters. The standard InChI is InChI=1S/C21H25ClN4O5S.ClH/c22-18-4-1-16(2-5-18)17-3-6-19(23-15-17)25-9-11-26(12-10-25)32(29,30)21(20(27)24-28)7-13-31-14-8-21;/h1-6,15,28H,7-14H2,(H,24,27);1H. The fourth-order valence-corrected chi connectivity index (χ4v) is 6.42. The zero-order valence-electron chi connectivity index (χ0n) is 17.8. The molecular formula is C21H26Cl2N4O5S. The second-order valence-electron chi connectivity index (χ2n) is 7.85. The number of amides is 1. The van der Waals surface area contributed by atoms with Gasteiger partial charge in [0.25, 0.3) is 5.91 Å². The van der Waals surface area contributed by atoms with Crippen LogP contribution < -0.4 is 10.4 Å². The van der Waals surface area contributed by atoms with Gasteiger partial charge in [0.2, 0.25) is 10.0 Å². The number of carbonyl (C=O) groups is 1. The van der Waals surface area contributed by atoms with Crippen molar-refractivity contribution in [1.29, 1.82) is 0 Å². The second kappa shape index (κ2) is 10.5. The van der Waals surface area contributed by atoms with Crippen LogP contribution >= 0.6 is 24.0 Å². The number of aromatic nitrogens is 1. The summed E-state index contributed by atoms with van der Waals surface area (Å²) in [4.78, 5) is 18.9. The Bertz CT molecular complexity index is 1050. The molecule has 0 bridgehead atoms. The summed E-state index contributed by atoms with van der Waals surface area (Å²) in [5.74, 6) is -0.142. The fraction of sp³-hybridized carbons (Fsp3) is 0.429. The topological polar surface area (TPSA) is 112 Å². The molecule has 2 saturated heterocycles. The minimum atomic E-state index is -3.99. The lowest BCUT2D eigenvalue weighted by atomic mass is 9.98. The quantitative estimate of drug-likeness (QED) is 0.463. The Labute approximate surface area is 204 Å². The van der Waals surface area contributed by atoms with E-state index >= 15 is 0 Å². The molecule has 1 amide bonds. The van der Waals surface area contributed by atoms with Gasteiger partial charge in [0, 0.05) is 69.0 Å². The number of sulfonamides is 1. The fourth-order valence-electron chi connectivity index (χ4n) is 4.20. The number of anilines is 1. The molecule has 0 radical (unpaired) electrons. The highest BCUT2D eigenvalue weighted by atomic mass is 35.5. The molecule has 2 N–H and O–H groups in total. The maximum atomic E-state index is 13.4. The Morgan fingerprint density at radius 1 is 1.03 bits per heavy atom. The molecule has 3 heterocycles. The van der Waals surface area contributed by atoms with Crippen molar-refractivity contribution in [2.24, 2.45) is 0 Å². The van der Waals surface area contributed by atoms with Gasteiger partial charge in [0.05, 0.1) is 0 Å². The summed E-state index contributed by atoms with van der Waals surface area (Å²) < 4.78 is 31.7. The van der Waals surface area contributed by atoms with Crippen LogP contribution in [0.1, 0.15) is 12.8 Å². The number of hydroxylamine groups is 1. The Balaban J connectivity index is 0.00000306. The van der Waals surface area contributed by atoms with Crippen LogP contribution in [0, 0.1) is 0 Å². The molecule has 9 nitrogen and oxygen atoms in total. The molecule has 180 valence electrons. The van der Waals surface area contributed by atoms with E-state index in [2.05, 4.69) is 4.98 Å². The number of rotatable bonds is 5. The van der Waals surface area contributed by atoms with Crippen LogP contribution in [0.15, 0.2) is 42.6 Å². The van der Waals surface area contributed by atoms with E-state index in [1.807, 2.05) is 41.3 Å². The van der Waals surface area contributed by atoms with E-state index in [0.717, 1.165) is 16.9 Å². The summed E-state index contributed by atoms with van der Waals surface area (Å²) in [6, 6.07) is 11.4. The molecule has 0 aliphatic carbocycles. The molecule has 1 aromatic carbocycles. The van der Waals surface area contributed by atoms with Gasteiger partial charge in [-0.2, -0.15) is 4.31 Å². The van der Waals surface area contributed by atoms with Crippen molar-refractivity contribution in [3.05, 3.63) is 47.6 Å². The highest BCUT2D eigenvalue weighted by Crippen LogP contribution is 2.34. The van der Waals surface area contributed by atoms with E-state index in [9.17, 15) is 18.4 Å². The Hall–Kier alpha value is -1.95. The predicted molar refractivity (Wildman–Crippen MR) is 127 cm³/mol. The number of piperazine rings is 1. The maximum Gasteiger partial charge on any atom is 0.266 e. The highest BCUT2D eigenvalue weighted by molar-refractivity contribution is 7.91. The summed E-state index contributed by atoms with van der Waals surface area (Å²) in [6.07, 6.45) is 1.80. The number of halogens is 2. The largest absolute Gasteiger partial charge is 0.381 e. The number of benzene rings is 1. The third-order valence-corrected chi connectivity index (χ3v) is 9.02. The van der Waals surface area contributed by atoms with Crippen molar-refractivity contribution >= 4 is 45.8 Å². The summed E-state index contributed by atoms with van der Waals surface area (Å²) in [5.41, 5.74) is 3.52. The normalized spacial score (nSPS) is 18.9. The van der Waals surface area contributed by atoms with Gasteiger partial charge < -0.3 is 9.64 Å². The van der Waals surface area contributed by atoms with Crippen LogP contribution in [-0.2, 0) is 19.6 Å². The molecule has 0 atom stereocenters. The molecule has 12 heteroatoms. The van der Waals surface area contributed by atoms with Crippen LogP contribution in [-0.4, -0.2) is 73.0 Å². The van der Waals surface area contributed by atoms with E-state index in [0.29, 0.717) is 18.1 Å². The summed E-state index contributed by atoms with van der Waals surface area (Å²) in [5, 5.41) is 9.85. The van der Waals surface area contributed by atoms with Gasteiger partial charge in [0.15, 0.2) is 4.75 Å². The van der Waals surface area contributed by atoms with Crippen molar-refractivity contribution in [3.63, 3.8) is 0 Å². The average Bonchev–Trinajstić information content (AvgIpc) is 2.84. The van der Waals surface area contributed by atoms with Crippen molar-refractivity contribution in [2.75, 3.05) is 44.3 Å². The highest BCUT2D eigenvalue weighted by Gasteiger charge is 2.54. The third-order valence-electron chi connectivity index (χ3n) is 6.14. The Morgan fingerprint density at radius 3 is 2.18 bits per heavy atom. The predicted octanol–water partition coefficient (Wildman–Crippen LogP) is 2.33.